The van der Waals surface area contributed by atoms with E-state index in [-0.39, 0.29) is 24.2 Å². The molecule has 0 saturated carbocycles. The number of pyridine rings is 1. The fourth-order valence-corrected chi connectivity index (χ4v) is 4.48. The molecule has 1 fully saturated rings. The molecule has 1 aliphatic heterocycles. The molecule has 0 aliphatic carbocycles. The van der Waals surface area contributed by atoms with Gasteiger partial charge in [-0.05, 0) is 12.1 Å². The van der Waals surface area contributed by atoms with E-state index in [1.165, 1.54) is 11.3 Å². The summed E-state index contributed by atoms with van der Waals surface area (Å²) in [5, 5.41) is 11.7. The second-order valence-corrected chi connectivity index (χ2v) is 8.83. The number of hydrogen-bond acceptors (Lipinski definition) is 7. The fraction of sp³-hybridized carbons (Fsp3) is 0.438. The number of rotatable bonds is 6. The molecule has 0 radical (unpaired) electrons. The maximum Gasteiger partial charge on any atom is 0.231 e. The van der Waals surface area contributed by atoms with Gasteiger partial charge in [0.05, 0.1) is 18.2 Å². The van der Waals surface area contributed by atoms with Gasteiger partial charge in [-0.1, -0.05) is 43.0 Å². The molecule has 25 heavy (non-hydrogen) atoms. The Balaban J connectivity index is 1.56. The van der Waals surface area contributed by atoms with Crippen LogP contribution >= 0.6 is 23.1 Å². The summed E-state index contributed by atoms with van der Waals surface area (Å²) in [5.74, 6) is -0.588. The van der Waals surface area contributed by atoms with Crippen LogP contribution in [0.2, 0.25) is 0 Å². The second-order valence-electron chi connectivity index (χ2n) is 6.03. The summed E-state index contributed by atoms with van der Waals surface area (Å²) >= 11 is 2.96. The van der Waals surface area contributed by atoms with Gasteiger partial charge in [0.25, 0.3) is 0 Å². The van der Waals surface area contributed by atoms with Gasteiger partial charge in [0.15, 0.2) is 4.34 Å². The zero-order valence-electron chi connectivity index (χ0n) is 14.0. The second kappa shape index (κ2) is 7.92. The molecule has 1 aliphatic rings. The lowest BCUT2D eigenvalue weighted by Gasteiger charge is -2.15. The molecule has 9 heteroatoms. The standard InChI is InChI=1S/C16H19N5O2S2/c1-10(2)24-16-20-19-15(25-16)18-14(23)11-7-13(22)21(8-11)9-12-5-3-4-6-17-12/h3-6,10-11H,7-9H2,1-2H3,(H,18,19,23). The molecule has 2 aromatic rings. The molecule has 132 valence electrons. The van der Waals surface area contributed by atoms with Crippen LogP contribution in [0.3, 0.4) is 0 Å². The van der Waals surface area contributed by atoms with E-state index in [0.29, 0.717) is 23.5 Å². The van der Waals surface area contributed by atoms with Crippen LogP contribution in [-0.2, 0) is 16.1 Å². The Morgan fingerprint density at radius 3 is 3.00 bits per heavy atom. The number of hydrogen-bond donors (Lipinski definition) is 1. The number of aromatic nitrogens is 3. The van der Waals surface area contributed by atoms with Crippen LogP contribution in [0.15, 0.2) is 28.7 Å². The van der Waals surface area contributed by atoms with Crippen LogP contribution in [-0.4, -0.2) is 43.7 Å². The van der Waals surface area contributed by atoms with Crippen molar-refractivity contribution in [3.8, 4) is 0 Å². The number of thioether (sulfide) groups is 1. The summed E-state index contributed by atoms with van der Waals surface area (Å²) in [6.45, 7) is 4.97. The maximum absolute atomic E-state index is 12.4. The summed E-state index contributed by atoms with van der Waals surface area (Å²) in [5.41, 5.74) is 0.816. The first-order chi connectivity index (χ1) is 12.0. The Kier molecular flexibility index (Phi) is 5.64. The lowest BCUT2D eigenvalue weighted by atomic mass is 10.1. The van der Waals surface area contributed by atoms with Crippen LogP contribution in [0.5, 0.6) is 0 Å². The van der Waals surface area contributed by atoms with Crippen molar-refractivity contribution < 1.29 is 9.59 Å². The lowest BCUT2D eigenvalue weighted by Crippen LogP contribution is -2.28. The van der Waals surface area contributed by atoms with Crippen LogP contribution < -0.4 is 5.32 Å². The van der Waals surface area contributed by atoms with Gasteiger partial charge in [-0.2, -0.15) is 0 Å². The van der Waals surface area contributed by atoms with Gasteiger partial charge in [0.2, 0.25) is 16.9 Å². The van der Waals surface area contributed by atoms with Gasteiger partial charge in [-0.25, -0.2) is 0 Å². The Morgan fingerprint density at radius 1 is 1.44 bits per heavy atom. The minimum absolute atomic E-state index is 0.0286. The summed E-state index contributed by atoms with van der Waals surface area (Å²) in [4.78, 5) is 30.5. The number of carbonyl (C=O) groups excluding carboxylic acids is 2. The van der Waals surface area contributed by atoms with Crippen molar-refractivity contribution in [2.24, 2.45) is 5.92 Å². The fourth-order valence-electron chi connectivity index (χ4n) is 2.50. The van der Waals surface area contributed by atoms with Gasteiger partial charge in [0, 0.05) is 24.4 Å². The van der Waals surface area contributed by atoms with Crippen molar-refractivity contribution in [1.82, 2.24) is 20.1 Å². The zero-order valence-corrected chi connectivity index (χ0v) is 15.6. The molecule has 3 heterocycles. The van der Waals surface area contributed by atoms with Crippen molar-refractivity contribution in [2.45, 2.75) is 36.4 Å². The monoisotopic (exact) mass is 377 g/mol. The Hall–Kier alpha value is -2.00. The van der Waals surface area contributed by atoms with Gasteiger partial charge >= 0.3 is 0 Å². The van der Waals surface area contributed by atoms with E-state index in [9.17, 15) is 9.59 Å². The summed E-state index contributed by atoms with van der Waals surface area (Å²) in [6, 6.07) is 5.59. The molecule has 2 aromatic heterocycles. The van der Waals surface area contributed by atoms with E-state index in [2.05, 4.69) is 34.3 Å². The number of likely N-dealkylation sites (tertiary alicyclic amines) is 1. The maximum atomic E-state index is 12.4. The molecule has 1 atom stereocenters. The Bertz CT molecular complexity index is 750. The minimum Gasteiger partial charge on any atom is -0.336 e. The largest absolute Gasteiger partial charge is 0.336 e. The number of nitrogens with one attached hydrogen (secondary N) is 1. The van der Waals surface area contributed by atoms with E-state index in [1.807, 2.05) is 18.2 Å². The van der Waals surface area contributed by atoms with Crippen molar-refractivity contribution in [1.29, 1.82) is 0 Å². The first-order valence-corrected chi connectivity index (χ1v) is 9.69. The first-order valence-electron chi connectivity index (χ1n) is 8.00. The van der Waals surface area contributed by atoms with E-state index in [0.717, 1.165) is 10.0 Å². The molecule has 0 bridgehead atoms. The van der Waals surface area contributed by atoms with Crippen molar-refractivity contribution in [2.75, 3.05) is 11.9 Å². The molecule has 1 saturated heterocycles. The highest BCUT2D eigenvalue weighted by molar-refractivity contribution is 8.01. The SMILES string of the molecule is CC(C)Sc1nnc(NC(=O)C2CC(=O)N(Cc3ccccn3)C2)s1. The highest BCUT2D eigenvalue weighted by Gasteiger charge is 2.34. The third-order valence-electron chi connectivity index (χ3n) is 3.64. The van der Waals surface area contributed by atoms with E-state index in [4.69, 9.17) is 0 Å². The third-order valence-corrected chi connectivity index (χ3v) is 5.56. The number of nitrogens with zero attached hydrogens (tertiary/aromatic N) is 4. The average molecular weight is 377 g/mol. The van der Waals surface area contributed by atoms with Crippen LogP contribution in [0.1, 0.15) is 26.0 Å². The summed E-state index contributed by atoms with van der Waals surface area (Å²) in [6.07, 6.45) is 1.91. The number of amides is 2. The highest BCUT2D eigenvalue weighted by Crippen LogP contribution is 2.29. The molecule has 2 amide bonds. The van der Waals surface area contributed by atoms with Crippen LogP contribution in [0.4, 0.5) is 5.13 Å². The first kappa shape index (κ1) is 17.8. The molecule has 1 unspecified atom stereocenters. The average Bonchev–Trinajstić information content (AvgIpc) is 3.15. The predicted molar refractivity (Wildman–Crippen MR) is 97.3 cm³/mol. The summed E-state index contributed by atoms with van der Waals surface area (Å²) in [7, 11) is 0. The quantitative estimate of drug-likeness (QED) is 0.614. The number of carbonyl (C=O) groups is 2. The highest BCUT2D eigenvalue weighted by atomic mass is 32.2. The van der Waals surface area contributed by atoms with Crippen molar-refractivity contribution in [3.63, 3.8) is 0 Å². The van der Waals surface area contributed by atoms with Gasteiger partial charge in [0.1, 0.15) is 0 Å². The van der Waals surface area contributed by atoms with E-state index < -0.39 is 0 Å². The van der Waals surface area contributed by atoms with E-state index >= 15 is 0 Å². The molecular weight excluding hydrogens is 358 g/mol. The topological polar surface area (TPSA) is 88.1 Å². The van der Waals surface area contributed by atoms with Crippen molar-refractivity contribution in [3.05, 3.63) is 30.1 Å². The zero-order chi connectivity index (χ0) is 17.8. The molecule has 3 rings (SSSR count). The Labute approximate surface area is 154 Å². The van der Waals surface area contributed by atoms with Crippen LogP contribution in [0.25, 0.3) is 0 Å². The summed E-state index contributed by atoms with van der Waals surface area (Å²) < 4.78 is 0.824. The molecule has 1 N–H and O–H groups in total. The number of anilines is 1. The predicted octanol–water partition coefficient (Wildman–Crippen LogP) is 2.42. The normalized spacial score (nSPS) is 17.3. The van der Waals surface area contributed by atoms with Gasteiger partial charge in [-0.3, -0.25) is 14.6 Å². The van der Waals surface area contributed by atoms with Crippen molar-refractivity contribution >= 4 is 40.0 Å². The van der Waals surface area contributed by atoms with Crippen LogP contribution in [0, 0.1) is 5.92 Å². The van der Waals surface area contributed by atoms with Gasteiger partial charge in [-0.15, -0.1) is 10.2 Å². The molecular formula is C16H19N5O2S2. The third kappa shape index (κ3) is 4.76. The minimum atomic E-state index is -0.374. The van der Waals surface area contributed by atoms with Gasteiger partial charge < -0.3 is 10.2 Å². The Morgan fingerprint density at radius 2 is 2.28 bits per heavy atom. The molecule has 7 nitrogen and oxygen atoms in total. The smallest absolute Gasteiger partial charge is 0.231 e. The molecule has 0 spiro atoms. The molecule has 0 aromatic carbocycles. The lowest BCUT2D eigenvalue weighted by molar-refractivity contribution is -0.128. The van der Waals surface area contributed by atoms with E-state index in [1.54, 1.807) is 22.9 Å².